The maximum atomic E-state index is 10.9. The van der Waals surface area contributed by atoms with Crippen molar-refractivity contribution in [1.82, 2.24) is 0 Å². The Kier molecular flexibility index (Phi) is 5.49. The molecule has 0 fully saturated rings. The Hall–Kier alpha value is -1.71. The smallest absolute Gasteiger partial charge is 0.142 e. The van der Waals surface area contributed by atoms with Gasteiger partial charge in [-0.2, -0.15) is 0 Å². The van der Waals surface area contributed by atoms with Gasteiger partial charge in [-0.05, 0) is 25.5 Å². The predicted molar refractivity (Wildman–Crippen MR) is 72.7 cm³/mol. The highest BCUT2D eigenvalue weighted by Crippen LogP contribution is 2.31. The predicted octanol–water partition coefficient (Wildman–Crippen LogP) is 2.51. The van der Waals surface area contributed by atoms with Gasteiger partial charge < -0.3 is 19.2 Å². The van der Waals surface area contributed by atoms with Crippen molar-refractivity contribution in [2.24, 2.45) is 0 Å². The molecule has 1 aromatic carbocycles. The third kappa shape index (κ3) is 3.95. The van der Waals surface area contributed by atoms with Crippen LogP contribution >= 0.6 is 0 Å². The quantitative estimate of drug-likeness (QED) is 0.746. The molecule has 1 aromatic rings. The van der Waals surface area contributed by atoms with Crippen LogP contribution in [0.25, 0.3) is 0 Å². The Morgan fingerprint density at radius 3 is 2.56 bits per heavy atom. The second-order valence-corrected chi connectivity index (χ2v) is 4.26. The fourth-order valence-corrected chi connectivity index (χ4v) is 1.78. The standard InChI is InChI=1S/C14H21NO3/c1-11(16)6-5-9-15(2)13-10-12(17-3)7-8-14(13)18-4/h7-8,10H,5-6,9H2,1-4H3. The first kappa shape index (κ1) is 14.4. The van der Waals surface area contributed by atoms with E-state index in [4.69, 9.17) is 9.47 Å². The molecule has 4 nitrogen and oxygen atoms in total. The molecule has 0 aliphatic heterocycles. The fraction of sp³-hybridized carbons (Fsp3) is 0.500. The molecule has 0 atom stereocenters. The summed E-state index contributed by atoms with van der Waals surface area (Å²) in [7, 11) is 5.27. The molecule has 18 heavy (non-hydrogen) atoms. The van der Waals surface area contributed by atoms with Crippen LogP contribution in [0.5, 0.6) is 11.5 Å². The first-order valence-electron chi connectivity index (χ1n) is 6.01. The Morgan fingerprint density at radius 1 is 1.28 bits per heavy atom. The average Bonchev–Trinajstić information content (AvgIpc) is 2.37. The Balaban J connectivity index is 2.75. The number of rotatable bonds is 7. The zero-order chi connectivity index (χ0) is 13.5. The number of Topliss-reactive ketones (excluding diaryl/α,β-unsaturated/α-hetero) is 1. The minimum absolute atomic E-state index is 0.223. The SMILES string of the molecule is COc1ccc(OC)c(N(C)CCCC(C)=O)c1. The van der Waals surface area contributed by atoms with Crippen molar-refractivity contribution in [2.75, 3.05) is 32.7 Å². The van der Waals surface area contributed by atoms with Crippen LogP contribution in [0.2, 0.25) is 0 Å². The van der Waals surface area contributed by atoms with E-state index in [0.717, 1.165) is 30.2 Å². The molecule has 100 valence electrons. The topological polar surface area (TPSA) is 38.8 Å². The highest BCUT2D eigenvalue weighted by molar-refractivity contribution is 5.75. The summed E-state index contributed by atoms with van der Waals surface area (Å²) in [6, 6.07) is 5.69. The minimum atomic E-state index is 0.223. The molecule has 0 amide bonds. The van der Waals surface area contributed by atoms with Gasteiger partial charge in [0.05, 0.1) is 19.9 Å². The van der Waals surface area contributed by atoms with Gasteiger partial charge in [0, 0.05) is 26.1 Å². The number of hydrogen-bond donors (Lipinski definition) is 0. The Labute approximate surface area is 108 Å². The van der Waals surface area contributed by atoms with E-state index in [1.807, 2.05) is 25.2 Å². The summed E-state index contributed by atoms with van der Waals surface area (Å²) >= 11 is 0. The van der Waals surface area contributed by atoms with Crippen LogP contribution in [0, 0.1) is 0 Å². The van der Waals surface area contributed by atoms with Crippen molar-refractivity contribution in [3.05, 3.63) is 18.2 Å². The van der Waals surface area contributed by atoms with E-state index in [1.54, 1.807) is 21.1 Å². The highest BCUT2D eigenvalue weighted by Gasteiger charge is 2.09. The van der Waals surface area contributed by atoms with Gasteiger partial charge in [0.1, 0.15) is 17.3 Å². The van der Waals surface area contributed by atoms with Gasteiger partial charge in [0.25, 0.3) is 0 Å². The largest absolute Gasteiger partial charge is 0.497 e. The van der Waals surface area contributed by atoms with Crippen LogP contribution in [0.4, 0.5) is 5.69 Å². The zero-order valence-corrected chi connectivity index (χ0v) is 11.5. The van der Waals surface area contributed by atoms with Gasteiger partial charge in [-0.3, -0.25) is 0 Å². The summed E-state index contributed by atoms with van der Waals surface area (Å²) in [5, 5.41) is 0. The van der Waals surface area contributed by atoms with E-state index in [-0.39, 0.29) is 5.78 Å². The lowest BCUT2D eigenvalue weighted by atomic mass is 10.2. The summed E-state index contributed by atoms with van der Waals surface area (Å²) in [5.74, 6) is 1.83. The van der Waals surface area contributed by atoms with Crippen LogP contribution < -0.4 is 14.4 Å². The lowest BCUT2D eigenvalue weighted by Gasteiger charge is -2.22. The number of anilines is 1. The first-order valence-corrected chi connectivity index (χ1v) is 6.01. The second kappa shape index (κ2) is 6.89. The van der Waals surface area contributed by atoms with Crippen molar-refractivity contribution in [1.29, 1.82) is 0 Å². The van der Waals surface area contributed by atoms with E-state index in [0.29, 0.717) is 6.42 Å². The summed E-state index contributed by atoms with van der Waals surface area (Å²) < 4.78 is 10.5. The first-order chi connectivity index (χ1) is 8.58. The number of ketones is 1. The van der Waals surface area contributed by atoms with E-state index < -0.39 is 0 Å². The summed E-state index contributed by atoms with van der Waals surface area (Å²) in [5.41, 5.74) is 0.973. The van der Waals surface area contributed by atoms with Crippen LogP contribution in [0.3, 0.4) is 0 Å². The molecule has 4 heteroatoms. The number of benzene rings is 1. The fourth-order valence-electron chi connectivity index (χ4n) is 1.78. The lowest BCUT2D eigenvalue weighted by Crippen LogP contribution is -2.19. The molecule has 0 unspecified atom stereocenters. The van der Waals surface area contributed by atoms with Crippen molar-refractivity contribution in [2.45, 2.75) is 19.8 Å². The number of ether oxygens (including phenoxy) is 2. The van der Waals surface area contributed by atoms with Crippen molar-refractivity contribution >= 4 is 11.5 Å². The van der Waals surface area contributed by atoms with Gasteiger partial charge in [0.15, 0.2) is 0 Å². The Morgan fingerprint density at radius 2 is 2.00 bits per heavy atom. The highest BCUT2D eigenvalue weighted by atomic mass is 16.5. The van der Waals surface area contributed by atoms with Gasteiger partial charge in [-0.25, -0.2) is 0 Å². The van der Waals surface area contributed by atoms with E-state index in [1.165, 1.54) is 0 Å². The average molecular weight is 251 g/mol. The molecule has 0 radical (unpaired) electrons. The summed E-state index contributed by atoms with van der Waals surface area (Å²) in [6.45, 7) is 2.43. The van der Waals surface area contributed by atoms with E-state index in [2.05, 4.69) is 4.90 Å². The second-order valence-electron chi connectivity index (χ2n) is 4.26. The molecule has 0 aliphatic carbocycles. The molecule has 0 spiro atoms. The molecule has 0 bridgehead atoms. The number of carbonyl (C=O) groups excluding carboxylic acids is 1. The monoisotopic (exact) mass is 251 g/mol. The normalized spacial score (nSPS) is 10.0. The maximum absolute atomic E-state index is 10.9. The van der Waals surface area contributed by atoms with Gasteiger partial charge in [-0.15, -0.1) is 0 Å². The van der Waals surface area contributed by atoms with Gasteiger partial charge in [-0.1, -0.05) is 0 Å². The van der Waals surface area contributed by atoms with Crippen molar-refractivity contribution in [3.63, 3.8) is 0 Å². The minimum Gasteiger partial charge on any atom is -0.497 e. The van der Waals surface area contributed by atoms with Crippen LogP contribution in [-0.4, -0.2) is 33.6 Å². The maximum Gasteiger partial charge on any atom is 0.142 e. The molecular weight excluding hydrogens is 230 g/mol. The molecule has 0 saturated heterocycles. The molecule has 0 aromatic heterocycles. The van der Waals surface area contributed by atoms with Crippen LogP contribution in [-0.2, 0) is 4.79 Å². The molecule has 0 heterocycles. The lowest BCUT2D eigenvalue weighted by molar-refractivity contribution is -0.117. The Bertz CT molecular complexity index is 404. The molecule has 1 rings (SSSR count). The van der Waals surface area contributed by atoms with E-state index >= 15 is 0 Å². The zero-order valence-electron chi connectivity index (χ0n) is 11.5. The molecule has 0 N–H and O–H groups in total. The number of nitrogens with zero attached hydrogens (tertiary/aromatic N) is 1. The number of methoxy groups -OCH3 is 2. The molecule has 0 saturated carbocycles. The number of carbonyl (C=O) groups is 1. The van der Waals surface area contributed by atoms with Crippen LogP contribution in [0.15, 0.2) is 18.2 Å². The van der Waals surface area contributed by atoms with Crippen molar-refractivity contribution < 1.29 is 14.3 Å². The van der Waals surface area contributed by atoms with E-state index in [9.17, 15) is 4.79 Å². The summed E-state index contributed by atoms with van der Waals surface area (Å²) in [6.07, 6.45) is 1.45. The third-order valence-corrected chi connectivity index (χ3v) is 2.82. The van der Waals surface area contributed by atoms with Crippen LogP contribution in [0.1, 0.15) is 19.8 Å². The molecule has 0 aliphatic rings. The van der Waals surface area contributed by atoms with Crippen molar-refractivity contribution in [3.8, 4) is 11.5 Å². The summed E-state index contributed by atoms with van der Waals surface area (Å²) in [4.78, 5) is 13.0. The molecular formula is C14H21NO3. The third-order valence-electron chi connectivity index (χ3n) is 2.82. The van der Waals surface area contributed by atoms with Gasteiger partial charge in [0.2, 0.25) is 0 Å². The van der Waals surface area contributed by atoms with Gasteiger partial charge >= 0.3 is 0 Å². The number of hydrogen-bond acceptors (Lipinski definition) is 4.